The monoisotopic (exact) mass is 487 g/mol. The van der Waals surface area contributed by atoms with E-state index in [0.29, 0.717) is 30.9 Å². The van der Waals surface area contributed by atoms with E-state index in [9.17, 15) is 19.2 Å². The van der Waals surface area contributed by atoms with Crippen molar-refractivity contribution in [1.29, 1.82) is 0 Å². The molecule has 2 amide bonds. The first kappa shape index (κ1) is 23.3. The molecule has 0 saturated carbocycles. The average Bonchev–Trinajstić information content (AvgIpc) is 2.90. The Morgan fingerprint density at radius 2 is 1.69 bits per heavy atom. The van der Waals surface area contributed by atoms with Gasteiger partial charge in [0.2, 0.25) is 0 Å². The zero-order chi connectivity index (χ0) is 25.4. The molecule has 1 aromatic heterocycles. The molecule has 36 heavy (non-hydrogen) atoms. The Morgan fingerprint density at radius 1 is 0.944 bits per heavy atom. The van der Waals surface area contributed by atoms with Crippen molar-refractivity contribution in [3.63, 3.8) is 0 Å². The van der Waals surface area contributed by atoms with Gasteiger partial charge >= 0.3 is 5.97 Å². The molecule has 5 rings (SSSR count). The number of benzene rings is 2. The van der Waals surface area contributed by atoms with Gasteiger partial charge in [-0.3, -0.25) is 14.4 Å². The summed E-state index contributed by atoms with van der Waals surface area (Å²) in [6.07, 6.45) is 0.888. The van der Waals surface area contributed by atoms with Crippen LogP contribution in [0.25, 0.3) is 0 Å². The molecule has 3 aromatic rings. The summed E-state index contributed by atoms with van der Waals surface area (Å²) < 4.78 is 6.86. The first-order valence-electron chi connectivity index (χ1n) is 11.7. The number of carboxylic acids is 1. The fraction of sp³-hybridized carbons (Fsp3) is 0.259. The highest BCUT2D eigenvalue weighted by Crippen LogP contribution is 2.36. The van der Waals surface area contributed by atoms with Crippen LogP contribution in [0.15, 0.2) is 65.5 Å². The van der Waals surface area contributed by atoms with Crippen molar-refractivity contribution >= 4 is 23.5 Å². The Kier molecular flexibility index (Phi) is 6.05. The number of methoxy groups -OCH3 is 1. The van der Waals surface area contributed by atoms with Gasteiger partial charge in [-0.15, -0.1) is 0 Å². The van der Waals surface area contributed by atoms with Crippen LogP contribution in [0.5, 0.6) is 5.75 Å². The number of hydrogen-bond acceptors (Lipinski definition) is 5. The molecule has 9 heteroatoms. The number of hydrogen-bond donors (Lipinski definition) is 2. The van der Waals surface area contributed by atoms with E-state index in [1.165, 1.54) is 24.3 Å². The third kappa shape index (κ3) is 4.35. The highest BCUT2D eigenvalue weighted by Gasteiger charge is 2.37. The predicted molar refractivity (Wildman–Crippen MR) is 132 cm³/mol. The van der Waals surface area contributed by atoms with Gasteiger partial charge in [-0.25, -0.2) is 4.79 Å². The minimum Gasteiger partial charge on any atom is -0.497 e. The number of nitrogens with zero attached hydrogens (tertiary/aromatic N) is 2. The molecule has 0 aliphatic carbocycles. The Morgan fingerprint density at radius 3 is 2.42 bits per heavy atom. The van der Waals surface area contributed by atoms with E-state index < -0.39 is 11.9 Å². The molecule has 2 aliphatic heterocycles. The van der Waals surface area contributed by atoms with Crippen LogP contribution in [-0.2, 0) is 6.54 Å². The Balaban J connectivity index is 1.35. The van der Waals surface area contributed by atoms with Crippen molar-refractivity contribution in [3.05, 3.63) is 93.4 Å². The molecule has 2 aliphatic rings. The van der Waals surface area contributed by atoms with Crippen molar-refractivity contribution < 1.29 is 24.2 Å². The quantitative estimate of drug-likeness (QED) is 0.571. The van der Waals surface area contributed by atoms with E-state index in [1.54, 1.807) is 42.0 Å². The molecule has 9 nitrogen and oxygen atoms in total. The van der Waals surface area contributed by atoms with Gasteiger partial charge in [0.25, 0.3) is 17.4 Å². The van der Waals surface area contributed by atoms with Crippen molar-refractivity contribution in [1.82, 2.24) is 9.47 Å². The number of anilines is 1. The fourth-order valence-corrected chi connectivity index (χ4v) is 5.11. The van der Waals surface area contributed by atoms with E-state index in [2.05, 4.69) is 5.32 Å². The van der Waals surface area contributed by atoms with Gasteiger partial charge in [-0.2, -0.15) is 0 Å². The smallest absolute Gasteiger partial charge is 0.335 e. The van der Waals surface area contributed by atoms with Crippen molar-refractivity contribution in [2.75, 3.05) is 25.5 Å². The van der Waals surface area contributed by atoms with Crippen LogP contribution in [0.2, 0.25) is 0 Å². The number of fused-ring (bicyclic) bond motifs is 4. The normalized spacial score (nSPS) is 18.2. The lowest BCUT2D eigenvalue weighted by Gasteiger charge is -2.43. The lowest BCUT2D eigenvalue weighted by Crippen LogP contribution is -2.49. The summed E-state index contributed by atoms with van der Waals surface area (Å²) in [4.78, 5) is 52.1. The van der Waals surface area contributed by atoms with Crippen LogP contribution < -0.4 is 15.6 Å². The summed E-state index contributed by atoms with van der Waals surface area (Å²) in [7, 11) is 1.58. The summed E-state index contributed by atoms with van der Waals surface area (Å²) in [5.74, 6) is -0.908. The molecule has 2 N–H and O–H groups in total. The van der Waals surface area contributed by atoms with Gasteiger partial charge in [-0.1, -0.05) is 6.07 Å². The Bertz CT molecular complexity index is 1410. The number of pyridine rings is 1. The molecule has 2 aromatic carbocycles. The Labute approximate surface area is 206 Å². The standard InChI is InChI=1S/C27H25N3O6/c1-36-21-7-5-17(6-8-21)25(32)29-13-16-11-20(15-29)23-10-9-22(26(33)30(23)14-16)28-24(31)18-3-2-4-19(12-18)27(34)35/h2-10,12,16,20H,11,13-15H2,1H3,(H,28,31)(H,34,35)/t16-,20-/m1/s1. The maximum Gasteiger partial charge on any atom is 0.335 e. The van der Waals surface area contributed by atoms with Crippen molar-refractivity contribution in [2.24, 2.45) is 5.92 Å². The summed E-state index contributed by atoms with van der Waals surface area (Å²) in [6, 6.07) is 16.1. The van der Waals surface area contributed by atoms with E-state index in [0.717, 1.165) is 12.1 Å². The summed E-state index contributed by atoms with van der Waals surface area (Å²) in [5, 5.41) is 11.8. The van der Waals surface area contributed by atoms with E-state index in [4.69, 9.17) is 9.84 Å². The number of amides is 2. The number of carbonyl (C=O) groups is 3. The molecule has 2 atom stereocenters. The second-order valence-corrected chi connectivity index (χ2v) is 9.17. The molecular formula is C27H25N3O6. The van der Waals surface area contributed by atoms with Crippen molar-refractivity contribution in [2.45, 2.75) is 18.9 Å². The van der Waals surface area contributed by atoms with Crippen LogP contribution >= 0.6 is 0 Å². The Hall–Kier alpha value is -4.40. The first-order chi connectivity index (χ1) is 17.3. The minimum atomic E-state index is -1.13. The molecule has 0 radical (unpaired) electrons. The van der Waals surface area contributed by atoms with E-state index >= 15 is 0 Å². The van der Waals surface area contributed by atoms with E-state index in [-0.39, 0.29) is 40.1 Å². The number of ether oxygens (including phenoxy) is 1. The average molecular weight is 488 g/mol. The number of piperidine rings is 1. The van der Waals surface area contributed by atoms with Crippen LogP contribution in [0.3, 0.4) is 0 Å². The zero-order valence-electron chi connectivity index (χ0n) is 19.6. The summed E-state index contributed by atoms with van der Waals surface area (Å²) in [6.45, 7) is 1.51. The topological polar surface area (TPSA) is 118 Å². The van der Waals surface area contributed by atoms with Crippen LogP contribution in [0.4, 0.5) is 5.69 Å². The number of nitrogens with one attached hydrogen (secondary N) is 1. The number of rotatable bonds is 5. The summed E-state index contributed by atoms with van der Waals surface area (Å²) >= 11 is 0. The molecule has 2 bridgehead atoms. The van der Waals surface area contributed by atoms with E-state index in [1.807, 2.05) is 11.0 Å². The van der Waals surface area contributed by atoms with Crippen LogP contribution in [0, 0.1) is 5.92 Å². The van der Waals surface area contributed by atoms with Gasteiger partial charge in [-0.05, 0) is 66.9 Å². The molecule has 0 unspecified atom stereocenters. The number of carbonyl (C=O) groups excluding carboxylic acids is 2. The first-order valence-corrected chi connectivity index (χ1v) is 11.7. The SMILES string of the molecule is COc1ccc(C(=O)N2C[C@H]3C[C@H](C2)c2ccc(NC(=O)c4cccc(C(=O)O)c4)c(=O)n2C3)cc1. The molecular weight excluding hydrogens is 462 g/mol. The zero-order valence-corrected chi connectivity index (χ0v) is 19.6. The molecule has 1 saturated heterocycles. The lowest BCUT2D eigenvalue weighted by atomic mass is 9.83. The predicted octanol–water partition coefficient (Wildman–Crippen LogP) is 3.07. The highest BCUT2D eigenvalue weighted by molar-refractivity contribution is 6.05. The van der Waals surface area contributed by atoms with Gasteiger partial charge in [0.15, 0.2) is 0 Å². The largest absolute Gasteiger partial charge is 0.497 e. The lowest BCUT2D eigenvalue weighted by molar-refractivity contribution is 0.0594. The maximum atomic E-state index is 13.2. The number of carboxylic acid groups (broad SMARTS) is 1. The second-order valence-electron chi connectivity index (χ2n) is 9.17. The highest BCUT2D eigenvalue weighted by atomic mass is 16.5. The molecule has 3 heterocycles. The third-order valence-corrected chi connectivity index (χ3v) is 6.85. The van der Waals surface area contributed by atoms with Crippen molar-refractivity contribution in [3.8, 4) is 5.75 Å². The second kappa shape index (κ2) is 9.33. The molecule has 1 fully saturated rings. The molecule has 184 valence electrons. The summed E-state index contributed by atoms with van der Waals surface area (Å²) in [5.41, 5.74) is 1.41. The maximum absolute atomic E-state index is 13.2. The van der Waals surface area contributed by atoms with Crippen LogP contribution in [0.1, 0.15) is 49.1 Å². The van der Waals surface area contributed by atoms with Crippen LogP contribution in [-0.4, -0.2) is 52.6 Å². The minimum absolute atomic E-state index is 0.00798. The fourth-order valence-electron chi connectivity index (χ4n) is 5.11. The van der Waals surface area contributed by atoms with Gasteiger partial charge in [0.1, 0.15) is 11.4 Å². The number of aromatic carboxylic acids is 1. The van der Waals surface area contributed by atoms with Gasteiger partial charge in [0.05, 0.1) is 12.7 Å². The number of likely N-dealkylation sites (tertiary alicyclic amines) is 1. The van der Waals surface area contributed by atoms with Gasteiger partial charge in [0, 0.05) is 42.4 Å². The third-order valence-electron chi connectivity index (χ3n) is 6.85. The molecule has 0 spiro atoms. The number of aromatic nitrogens is 1. The van der Waals surface area contributed by atoms with Gasteiger partial charge < -0.3 is 24.6 Å².